The van der Waals surface area contributed by atoms with E-state index in [1.807, 2.05) is 19.4 Å². The van der Waals surface area contributed by atoms with Crippen LogP contribution in [0.1, 0.15) is 44.3 Å². The van der Waals surface area contributed by atoms with Crippen molar-refractivity contribution in [1.29, 1.82) is 0 Å². The van der Waals surface area contributed by atoms with Gasteiger partial charge in [0.2, 0.25) is 0 Å². The van der Waals surface area contributed by atoms with Crippen LogP contribution in [0.5, 0.6) is 0 Å². The topological polar surface area (TPSA) is 58.4 Å². The molecule has 0 amide bonds. The van der Waals surface area contributed by atoms with Crippen LogP contribution in [0.25, 0.3) is 0 Å². The minimum Gasteiger partial charge on any atom is -0.480 e. The summed E-state index contributed by atoms with van der Waals surface area (Å²) in [5, 5.41) is 9.40. The highest BCUT2D eigenvalue weighted by Gasteiger charge is 2.43. The maximum atomic E-state index is 11.4. The maximum absolute atomic E-state index is 11.4. The Kier molecular flexibility index (Phi) is 2.66. The molecular formula is C13H19N3O2. The quantitative estimate of drug-likeness (QED) is 0.881. The van der Waals surface area contributed by atoms with Gasteiger partial charge in [-0.25, -0.2) is 4.98 Å². The van der Waals surface area contributed by atoms with Crippen LogP contribution in [0.15, 0.2) is 12.5 Å². The molecule has 0 radical (unpaired) electrons. The number of aliphatic carboxylic acids is 1. The summed E-state index contributed by atoms with van der Waals surface area (Å²) in [5.41, 5.74) is 0.436. The van der Waals surface area contributed by atoms with E-state index in [0.717, 1.165) is 25.1 Å². The standard InChI is InChI=1S/C13H19N3O2/c1-13(12(17)18)5-2-6-15(13)8-11-7-14-9-16(11)10-3-4-10/h7,9-10H,2-6,8H2,1H3,(H,17,18). The molecule has 0 bridgehead atoms. The molecule has 2 aliphatic rings. The number of imidazole rings is 1. The molecule has 5 heteroatoms. The maximum Gasteiger partial charge on any atom is 0.323 e. The number of hydrogen-bond donors (Lipinski definition) is 1. The fraction of sp³-hybridized carbons (Fsp3) is 0.692. The number of rotatable bonds is 4. The molecule has 1 aromatic heterocycles. The molecule has 1 unspecified atom stereocenters. The molecule has 0 aromatic carbocycles. The van der Waals surface area contributed by atoms with Gasteiger partial charge in [-0.2, -0.15) is 0 Å². The van der Waals surface area contributed by atoms with Gasteiger partial charge in [0, 0.05) is 18.8 Å². The van der Waals surface area contributed by atoms with E-state index in [0.29, 0.717) is 12.6 Å². The Hall–Kier alpha value is -1.36. The lowest BCUT2D eigenvalue weighted by Crippen LogP contribution is -2.47. The Balaban J connectivity index is 1.79. The van der Waals surface area contributed by atoms with Gasteiger partial charge in [-0.3, -0.25) is 9.69 Å². The molecule has 1 N–H and O–H groups in total. The summed E-state index contributed by atoms with van der Waals surface area (Å²) in [5.74, 6) is -0.711. The van der Waals surface area contributed by atoms with Crippen molar-refractivity contribution in [2.45, 2.75) is 50.7 Å². The molecule has 1 saturated carbocycles. The van der Waals surface area contributed by atoms with E-state index in [9.17, 15) is 9.90 Å². The van der Waals surface area contributed by atoms with E-state index in [4.69, 9.17) is 0 Å². The van der Waals surface area contributed by atoms with Crippen LogP contribution in [-0.4, -0.2) is 37.6 Å². The largest absolute Gasteiger partial charge is 0.480 e. The zero-order chi connectivity index (χ0) is 12.8. The van der Waals surface area contributed by atoms with Crippen LogP contribution in [0.4, 0.5) is 0 Å². The van der Waals surface area contributed by atoms with Crippen LogP contribution < -0.4 is 0 Å². The second-order valence-electron chi connectivity index (χ2n) is 5.63. The zero-order valence-corrected chi connectivity index (χ0v) is 10.7. The van der Waals surface area contributed by atoms with Crippen molar-refractivity contribution in [3.05, 3.63) is 18.2 Å². The summed E-state index contributed by atoms with van der Waals surface area (Å²) in [6, 6.07) is 0.598. The van der Waals surface area contributed by atoms with Crippen LogP contribution in [0, 0.1) is 0 Å². The highest BCUT2D eigenvalue weighted by Crippen LogP contribution is 2.37. The number of carboxylic acids is 1. The fourth-order valence-corrected chi connectivity index (χ4v) is 2.85. The molecule has 2 fully saturated rings. The van der Waals surface area contributed by atoms with Gasteiger partial charge in [0.05, 0.1) is 12.0 Å². The van der Waals surface area contributed by atoms with Crippen molar-refractivity contribution >= 4 is 5.97 Å². The summed E-state index contributed by atoms with van der Waals surface area (Å²) in [4.78, 5) is 17.7. The van der Waals surface area contributed by atoms with Crippen molar-refractivity contribution < 1.29 is 9.90 Å². The molecule has 1 atom stereocenters. The summed E-state index contributed by atoms with van der Waals surface area (Å²) < 4.78 is 2.21. The Labute approximate surface area is 106 Å². The Morgan fingerprint density at radius 2 is 2.39 bits per heavy atom. The van der Waals surface area contributed by atoms with Gasteiger partial charge in [-0.05, 0) is 39.2 Å². The molecule has 1 saturated heterocycles. The van der Waals surface area contributed by atoms with Crippen molar-refractivity contribution in [2.75, 3.05) is 6.54 Å². The predicted molar refractivity (Wildman–Crippen MR) is 66.2 cm³/mol. The molecule has 18 heavy (non-hydrogen) atoms. The van der Waals surface area contributed by atoms with E-state index in [-0.39, 0.29) is 0 Å². The minimum absolute atomic E-state index is 0.598. The SMILES string of the molecule is CC1(C(=O)O)CCCN1Cc1cncn1C1CC1. The molecule has 0 spiro atoms. The lowest BCUT2D eigenvalue weighted by Gasteiger charge is -2.31. The van der Waals surface area contributed by atoms with E-state index in [2.05, 4.69) is 14.5 Å². The first-order valence-electron chi connectivity index (χ1n) is 6.60. The van der Waals surface area contributed by atoms with Crippen molar-refractivity contribution in [3.8, 4) is 0 Å². The summed E-state index contributed by atoms with van der Waals surface area (Å²) in [6.45, 7) is 3.39. The Morgan fingerprint density at radius 3 is 3.06 bits per heavy atom. The van der Waals surface area contributed by atoms with E-state index < -0.39 is 11.5 Å². The average molecular weight is 249 g/mol. The lowest BCUT2D eigenvalue weighted by molar-refractivity contribution is -0.149. The van der Waals surface area contributed by atoms with E-state index in [1.165, 1.54) is 12.8 Å². The lowest BCUT2D eigenvalue weighted by atomic mass is 9.99. The van der Waals surface area contributed by atoms with Gasteiger partial charge in [0.1, 0.15) is 5.54 Å². The minimum atomic E-state index is -0.711. The first-order valence-corrected chi connectivity index (χ1v) is 6.60. The summed E-state index contributed by atoms with van der Waals surface area (Å²) in [7, 11) is 0. The van der Waals surface area contributed by atoms with Crippen molar-refractivity contribution in [1.82, 2.24) is 14.5 Å². The molecule has 3 rings (SSSR count). The molecular weight excluding hydrogens is 230 g/mol. The predicted octanol–water partition coefficient (Wildman–Crippen LogP) is 1.66. The van der Waals surface area contributed by atoms with E-state index in [1.54, 1.807) is 0 Å². The third-order valence-electron chi connectivity index (χ3n) is 4.29. The number of carboxylic acid groups (broad SMARTS) is 1. The third kappa shape index (κ3) is 1.82. The first-order chi connectivity index (χ1) is 8.61. The molecule has 5 nitrogen and oxygen atoms in total. The fourth-order valence-electron chi connectivity index (χ4n) is 2.85. The second-order valence-corrected chi connectivity index (χ2v) is 5.63. The number of nitrogens with zero attached hydrogens (tertiary/aromatic N) is 3. The molecule has 98 valence electrons. The molecule has 1 aliphatic carbocycles. The molecule has 2 heterocycles. The number of carbonyl (C=O) groups is 1. The normalized spacial score (nSPS) is 28.7. The van der Waals surface area contributed by atoms with Gasteiger partial charge in [-0.15, -0.1) is 0 Å². The van der Waals surface area contributed by atoms with Gasteiger partial charge >= 0.3 is 5.97 Å². The van der Waals surface area contributed by atoms with Crippen LogP contribution >= 0.6 is 0 Å². The van der Waals surface area contributed by atoms with Gasteiger partial charge in [-0.1, -0.05) is 0 Å². The van der Waals surface area contributed by atoms with Gasteiger partial charge in [0.15, 0.2) is 0 Å². The smallest absolute Gasteiger partial charge is 0.323 e. The Bertz CT molecular complexity index is 467. The van der Waals surface area contributed by atoms with Crippen LogP contribution in [0.2, 0.25) is 0 Å². The highest BCUT2D eigenvalue weighted by atomic mass is 16.4. The van der Waals surface area contributed by atoms with Gasteiger partial charge in [0.25, 0.3) is 0 Å². The Morgan fingerprint density at radius 1 is 1.61 bits per heavy atom. The first kappa shape index (κ1) is 11.7. The van der Waals surface area contributed by atoms with Crippen molar-refractivity contribution in [3.63, 3.8) is 0 Å². The monoisotopic (exact) mass is 249 g/mol. The third-order valence-corrected chi connectivity index (χ3v) is 4.29. The zero-order valence-electron chi connectivity index (χ0n) is 10.7. The number of hydrogen-bond acceptors (Lipinski definition) is 3. The van der Waals surface area contributed by atoms with Crippen LogP contribution in [-0.2, 0) is 11.3 Å². The highest BCUT2D eigenvalue weighted by molar-refractivity contribution is 5.78. The summed E-state index contributed by atoms with van der Waals surface area (Å²) in [6.07, 6.45) is 7.89. The molecule has 1 aromatic rings. The summed E-state index contributed by atoms with van der Waals surface area (Å²) >= 11 is 0. The van der Waals surface area contributed by atoms with Crippen molar-refractivity contribution in [2.24, 2.45) is 0 Å². The molecule has 1 aliphatic heterocycles. The van der Waals surface area contributed by atoms with E-state index >= 15 is 0 Å². The number of aromatic nitrogens is 2. The number of likely N-dealkylation sites (tertiary alicyclic amines) is 1. The second kappa shape index (κ2) is 4.09. The average Bonchev–Trinajstić information content (AvgIpc) is 2.96. The van der Waals surface area contributed by atoms with Gasteiger partial charge < -0.3 is 9.67 Å². The van der Waals surface area contributed by atoms with Crippen LogP contribution in [0.3, 0.4) is 0 Å².